The number of halogens is 3. The van der Waals surface area contributed by atoms with Crippen molar-refractivity contribution in [3.05, 3.63) is 55.2 Å². The molecular formula is C14H9BrCl2N2S. The molecule has 2 aromatic carbocycles. The summed E-state index contributed by atoms with van der Waals surface area (Å²) in [5.41, 5.74) is 3.89. The minimum atomic E-state index is 0.508. The van der Waals surface area contributed by atoms with E-state index in [0.717, 1.165) is 26.8 Å². The van der Waals surface area contributed by atoms with Crippen LogP contribution in [0.25, 0.3) is 16.7 Å². The Morgan fingerprint density at radius 1 is 1.20 bits per heavy atom. The van der Waals surface area contributed by atoms with Crippen molar-refractivity contribution in [1.29, 1.82) is 0 Å². The maximum Gasteiger partial charge on any atom is 0.182 e. The van der Waals surface area contributed by atoms with Crippen molar-refractivity contribution in [2.75, 3.05) is 0 Å². The summed E-state index contributed by atoms with van der Waals surface area (Å²) in [4.78, 5) is 3.16. The van der Waals surface area contributed by atoms with E-state index in [1.54, 1.807) is 6.07 Å². The number of nitrogens with one attached hydrogen (secondary N) is 1. The number of hydrogen-bond donors (Lipinski definition) is 1. The molecule has 0 saturated heterocycles. The number of hydrogen-bond acceptors (Lipinski definition) is 1. The highest BCUT2D eigenvalue weighted by atomic mass is 79.9. The van der Waals surface area contributed by atoms with Gasteiger partial charge >= 0.3 is 0 Å². The molecule has 6 heteroatoms. The molecule has 0 saturated carbocycles. The van der Waals surface area contributed by atoms with Crippen LogP contribution in [-0.2, 0) is 0 Å². The Bertz CT molecular complexity index is 883. The molecule has 0 fully saturated rings. The van der Waals surface area contributed by atoms with E-state index in [2.05, 4.69) is 20.9 Å². The molecule has 3 rings (SSSR count). The number of nitrogens with zero attached hydrogens (tertiary/aromatic N) is 1. The molecule has 102 valence electrons. The van der Waals surface area contributed by atoms with Crippen LogP contribution in [0.15, 0.2) is 34.8 Å². The quantitative estimate of drug-likeness (QED) is 0.502. The fourth-order valence-corrected chi connectivity index (χ4v) is 3.16. The van der Waals surface area contributed by atoms with Gasteiger partial charge in [0, 0.05) is 4.47 Å². The Labute approximate surface area is 139 Å². The monoisotopic (exact) mass is 386 g/mol. The average Bonchev–Trinajstić information content (AvgIpc) is 2.69. The molecule has 3 aromatic rings. The molecule has 0 radical (unpaired) electrons. The number of imidazole rings is 1. The molecule has 1 N–H and O–H groups in total. The molecule has 0 amide bonds. The minimum Gasteiger partial charge on any atom is -0.330 e. The lowest BCUT2D eigenvalue weighted by Gasteiger charge is -2.10. The molecule has 0 aliphatic rings. The zero-order chi connectivity index (χ0) is 14.4. The number of fused-ring (bicyclic) bond motifs is 1. The van der Waals surface area contributed by atoms with E-state index in [0.29, 0.717) is 14.8 Å². The lowest BCUT2D eigenvalue weighted by Crippen LogP contribution is -1.97. The summed E-state index contributed by atoms with van der Waals surface area (Å²) in [6.07, 6.45) is 0. The van der Waals surface area contributed by atoms with Crippen molar-refractivity contribution in [2.24, 2.45) is 0 Å². The van der Waals surface area contributed by atoms with Gasteiger partial charge in [0.05, 0.1) is 26.8 Å². The fourth-order valence-electron chi connectivity index (χ4n) is 2.18. The van der Waals surface area contributed by atoms with Crippen molar-refractivity contribution in [1.82, 2.24) is 9.55 Å². The van der Waals surface area contributed by atoms with E-state index in [-0.39, 0.29) is 0 Å². The minimum absolute atomic E-state index is 0.508. The SMILES string of the molecule is Cc1c(Br)cccc1-n1c(=S)[nH]c2cc(Cl)c(Cl)cc21. The van der Waals surface area contributed by atoms with Gasteiger partial charge in [0.2, 0.25) is 0 Å². The second-order valence-corrected chi connectivity index (χ2v) is 6.49. The van der Waals surface area contributed by atoms with Crippen molar-refractivity contribution in [3.63, 3.8) is 0 Å². The first-order chi connectivity index (χ1) is 9.49. The second-order valence-electron chi connectivity index (χ2n) is 4.43. The van der Waals surface area contributed by atoms with Crippen LogP contribution in [0.5, 0.6) is 0 Å². The number of aromatic amines is 1. The Morgan fingerprint density at radius 2 is 1.90 bits per heavy atom. The van der Waals surface area contributed by atoms with Gasteiger partial charge in [0.15, 0.2) is 4.77 Å². The third-order valence-electron chi connectivity index (χ3n) is 3.20. The topological polar surface area (TPSA) is 20.7 Å². The first-order valence-corrected chi connectivity index (χ1v) is 7.80. The van der Waals surface area contributed by atoms with Crippen molar-refractivity contribution in [2.45, 2.75) is 6.92 Å². The molecule has 2 nitrogen and oxygen atoms in total. The third-order valence-corrected chi connectivity index (χ3v) is 5.07. The van der Waals surface area contributed by atoms with Crippen molar-refractivity contribution < 1.29 is 0 Å². The Morgan fingerprint density at radius 3 is 2.65 bits per heavy atom. The number of H-pyrrole nitrogens is 1. The smallest absolute Gasteiger partial charge is 0.182 e. The van der Waals surface area contributed by atoms with Gasteiger partial charge in [0.25, 0.3) is 0 Å². The Kier molecular flexibility index (Phi) is 3.67. The van der Waals surface area contributed by atoms with Gasteiger partial charge in [-0.2, -0.15) is 0 Å². The molecule has 1 heterocycles. The van der Waals surface area contributed by atoms with Gasteiger partial charge in [-0.15, -0.1) is 0 Å². The molecule has 0 aliphatic heterocycles. The van der Waals surface area contributed by atoms with Gasteiger partial charge in [0.1, 0.15) is 0 Å². The van der Waals surface area contributed by atoms with E-state index < -0.39 is 0 Å². The van der Waals surface area contributed by atoms with Crippen LogP contribution < -0.4 is 0 Å². The normalized spacial score (nSPS) is 11.2. The van der Waals surface area contributed by atoms with Crippen LogP contribution in [0.3, 0.4) is 0 Å². The van der Waals surface area contributed by atoms with Gasteiger partial charge in [-0.1, -0.05) is 45.2 Å². The van der Waals surface area contributed by atoms with Crippen molar-refractivity contribution >= 4 is 62.4 Å². The standard InChI is InChI=1S/C14H9BrCl2N2S/c1-7-8(15)3-2-4-12(7)19-13-6-10(17)9(16)5-11(13)18-14(19)20/h2-6H,1H3,(H,18,20). The summed E-state index contributed by atoms with van der Waals surface area (Å²) in [6.45, 7) is 2.04. The fraction of sp³-hybridized carbons (Fsp3) is 0.0714. The van der Waals surface area contributed by atoms with E-state index in [1.807, 2.05) is 35.8 Å². The lowest BCUT2D eigenvalue weighted by molar-refractivity contribution is 1.05. The van der Waals surface area contributed by atoms with E-state index in [9.17, 15) is 0 Å². The van der Waals surface area contributed by atoms with E-state index >= 15 is 0 Å². The van der Waals surface area contributed by atoms with Crippen LogP contribution >= 0.6 is 51.3 Å². The maximum absolute atomic E-state index is 6.12. The van der Waals surface area contributed by atoms with Crippen LogP contribution in [-0.4, -0.2) is 9.55 Å². The maximum atomic E-state index is 6.12. The van der Waals surface area contributed by atoms with Gasteiger partial charge < -0.3 is 4.98 Å². The second kappa shape index (κ2) is 5.19. The highest BCUT2D eigenvalue weighted by Gasteiger charge is 2.12. The molecule has 0 atom stereocenters. The van der Waals surface area contributed by atoms with Crippen LogP contribution in [0.2, 0.25) is 10.0 Å². The van der Waals surface area contributed by atoms with Crippen molar-refractivity contribution in [3.8, 4) is 5.69 Å². The molecule has 0 spiro atoms. The molecule has 20 heavy (non-hydrogen) atoms. The molecular weight excluding hydrogens is 379 g/mol. The highest BCUT2D eigenvalue weighted by Crippen LogP contribution is 2.31. The third kappa shape index (κ3) is 2.21. The van der Waals surface area contributed by atoms with E-state index in [4.69, 9.17) is 35.4 Å². The number of rotatable bonds is 1. The molecule has 0 bridgehead atoms. The number of aromatic nitrogens is 2. The molecule has 0 unspecified atom stereocenters. The summed E-state index contributed by atoms with van der Waals surface area (Å²) < 4.78 is 3.61. The summed E-state index contributed by atoms with van der Waals surface area (Å²) in [5, 5.41) is 1.02. The largest absolute Gasteiger partial charge is 0.330 e. The van der Waals surface area contributed by atoms with Gasteiger partial charge in [-0.3, -0.25) is 4.57 Å². The van der Waals surface area contributed by atoms with E-state index in [1.165, 1.54) is 0 Å². The number of benzene rings is 2. The Hall–Kier alpha value is -0.810. The first kappa shape index (κ1) is 14.1. The first-order valence-electron chi connectivity index (χ1n) is 5.84. The summed E-state index contributed by atoms with van der Waals surface area (Å²) in [6, 6.07) is 9.61. The average molecular weight is 388 g/mol. The Balaban J connectivity index is 2.42. The lowest BCUT2D eigenvalue weighted by atomic mass is 10.2. The highest BCUT2D eigenvalue weighted by molar-refractivity contribution is 9.10. The summed E-state index contributed by atoms with van der Waals surface area (Å²) in [7, 11) is 0. The molecule has 0 aliphatic carbocycles. The predicted octanol–water partition coefficient (Wildman–Crippen LogP) is 6.07. The zero-order valence-electron chi connectivity index (χ0n) is 10.4. The van der Waals surface area contributed by atoms with Crippen LogP contribution in [0.4, 0.5) is 0 Å². The zero-order valence-corrected chi connectivity index (χ0v) is 14.3. The van der Waals surface area contributed by atoms with Crippen LogP contribution in [0.1, 0.15) is 5.56 Å². The summed E-state index contributed by atoms with van der Waals surface area (Å²) in [5.74, 6) is 0. The molecule has 1 aromatic heterocycles. The predicted molar refractivity (Wildman–Crippen MR) is 90.9 cm³/mol. The van der Waals surface area contributed by atoms with Gasteiger partial charge in [-0.25, -0.2) is 0 Å². The van der Waals surface area contributed by atoms with Crippen LogP contribution in [0, 0.1) is 11.7 Å². The van der Waals surface area contributed by atoms with Gasteiger partial charge in [-0.05, 0) is 49.0 Å². The summed E-state index contributed by atoms with van der Waals surface area (Å²) >= 11 is 21.1.